The number of hydrogen-bond donors (Lipinski definition) is 1. The average Bonchev–Trinajstić information content (AvgIpc) is 2.57. The van der Waals surface area contributed by atoms with E-state index in [2.05, 4.69) is 46.9 Å². The minimum Gasteiger partial charge on any atom is -0.361 e. The molecular weight excluding hydrogens is 228 g/mol. The number of hydrogen-bond acceptors (Lipinski definition) is 3. The van der Waals surface area contributed by atoms with Crippen LogP contribution in [0.15, 0.2) is 0 Å². The van der Waals surface area contributed by atoms with E-state index in [0.717, 1.165) is 18.1 Å². The molecule has 0 bridgehead atoms. The van der Waals surface area contributed by atoms with Gasteiger partial charge in [-0.2, -0.15) is 0 Å². The van der Waals surface area contributed by atoms with E-state index >= 15 is 0 Å². The molecular formula is C14H26N2S. The van der Waals surface area contributed by atoms with Crippen LogP contribution in [0.5, 0.6) is 0 Å². The van der Waals surface area contributed by atoms with Crippen LogP contribution in [0.4, 0.5) is 5.13 Å². The summed E-state index contributed by atoms with van der Waals surface area (Å²) in [4.78, 5) is 6.20. The lowest BCUT2D eigenvalue weighted by Crippen LogP contribution is -2.07. The second-order valence-corrected chi connectivity index (χ2v) is 6.89. The van der Waals surface area contributed by atoms with Crippen LogP contribution < -0.4 is 5.32 Å². The maximum atomic E-state index is 4.75. The van der Waals surface area contributed by atoms with Gasteiger partial charge in [-0.05, 0) is 24.2 Å². The fourth-order valence-corrected chi connectivity index (χ4v) is 2.72. The Labute approximate surface area is 110 Å². The molecule has 2 nitrogen and oxygen atoms in total. The Balaban J connectivity index is 2.80. The van der Waals surface area contributed by atoms with E-state index in [1.54, 1.807) is 0 Å². The largest absolute Gasteiger partial charge is 0.361 e. The lowest BCUT2D eigenvalue weighted by atomic mass is 10.0. The normalized spacial score (nSPS) is 11.8. The molecule has 0 amide bonds. The second kappa shape index (κ2) is 6.39. The molecule has 0 aliphatic rings. The van der Waals surface area contributed by atoms with E-state index in [1.807, 2.05) is 11.3 Å². The SMILES string of the molecule is CC(C)CNc1nc(CC(C)C)c(C(C)C)s1. The van der Waals surface area contributed by atoms with Crippen molar-refractivity contribution in [2.24, 2.45) is 11.8 Å². The fraction of sp³-hybridized carbons (Fsp3) is 0.786. The van der Waals surface area contributed by atoms with Gasteiger partial charge in [-0.1, -0.05) is 41.5 Å². The summed E-state index contributed by atoms with van der Waals surface area (Å²) in [5.74, 6) is 1.92. The highest BCUT2D eigenvalue weighted by Crippen LogP contribution is 2.31. The first-order valence-electron chi connectivity index (χ1n) is 6.63. The van der Waals surface area contributed by atoms with Gasteiger partial charge in [-0.25, -0.2) is 4.98 Å². The van der Waals surface area contributed by atoms with Gasteiger partial charge >= 0.3 is 0 Å². The molecule has 3 heteroatoms. The minimum atomic E-state index is 0.579. The molecule has 0 unspecified atom stereocenters. The van der Waals surface area contributed by atoms with Crippen molar-refractivity contribution < 1.29 is 0 Å². The van der Waals surface area contributed by atoms with Gasteiger partial charge in [0.05, 0.1) is 5.69 Å². The molecule has 0 aliphatic carbocycles. The van der Waals surface area contributed by atoms with Crippen molar-refractivity contribution in [3.05, 3.63) is 10.6 Å². The minimum absolute atomic E-state index is 0.579. The van der Waals surface area contributed by atoms with E-state index in [4.69, 9.17) is 4.98 Å². The third-order valence-electron chi connectivity index (χ3n) is 2.52. The molecule has 0 radical (unpaired) electrons. The molecule has 1 heterocycles. The Kier molecular flexibility index (Phi) is 5.44. The van der Waals surface area contributed by atoms with Crippen molar-refractivity contribution >= 4 is 16.5 Å². The van der Waals surface area contributed by atoms with Gasteiger partial charge in [0.25, 0.3) is 0 Å². The van der Waals surface area contributed by atoms with E-state index in [9.17, 15) is 0 Å². The van der Waals surface area contributed by atoms with Crippen LogP contribution in [0.1, 0.15) is 58.0 Å². The molecule has 1 rings (SSSR count). The Bertz CT molecular complexity index is 340. The van der Waals surface area contributed by atoms with Crippen LogP contribution in [-0.4, -0.2) is 11.5 Å². The molecule has 1 aromatic heterocycles. The van der Waals surface area contributed by atoms with Crippen molar-refractivity contribution in [2.45, 2.75) is 53.9 Å². The van der Waals surface area contributed by atoms with Gasteiger partial charge in [0.2, 0.25) is 0 Å². The van der Waals surface area contributed by atoms with Crippen molar-refractivity contribution in [1.82, 2.24) is 4.98 Å². The summed E-state index contributed by atoms with van der Waals surface area (Å²) >= 11 is 1.83. The second-order valence-electron chi connectivity index (χ2n) is 5.86. The number of aromatic nitrogens is 1. The molecule has 0 aromatic carbocycles. The summed E-state index contributed by atoms with van der Waals surface area (Å²) in [5, 5.41) is 4.54. The average molecular weight is 254 g/mol. The van der Waals surface area contributed by atoms with Crippen molar-refractivity contribution in [2.75, 3.05) is 11.9 Å². The summed E-state index contributed by atoms with van der Waals surface area (Å²) in [6.45, 7) is 14.5. The Morgan fingerprint density at radius 1 is 1.06 bits per heavy atom. The Morgan fingerprint density at radius 2 is 1.71 bits per heavy atom. The zero-order valence-electron chi connectivity index (χ0n) is 12.0. The summed E-state index contributed by atoms with van der Waals surface area (Å²) < 4.78 is 0. The predicted octanol–water partition coefficient (Wildman–Crippen LogP) is 4.53. The lowest BCUT2D eigenvalue weighted by molar-refractivity contribution is 0.629. The molecule has 1 N–H and O–H groups in total. The van der Waals surface area contributed by atoms with Crippen LogP contribution in [0.2, 0.25) is 0 Å². The van der Waals surface area contributed by atoms with Gasteiger partial charge in [0.1, 0.15) is 0 Å². The van der Waals surface area contributed by atoms with Crippen LogP contribution in [0.25, 0.3) is 0 Å². The number of nitrogens with one attached hydrogen (secondary N) is 1. The van der Waals surface area contributed by atoms with Gasteiger partial charge in [-0.15, -0.1) is 11.3 Å². The highest BCUT2D eigenvalue weighted by atomic mass is 32.1. The van der Waals surface area contributed by atoms with Crippen LogP contribution in [0, 0.1) is 11.8 Å². The smallest absolute Gasteiger partial charge is 0.183 e. The van der Waals surface area contributed by atoms with Gasteiger partial charge in [0, 0.05) is 11.4 Å². The molecule has 1 aromatic rings. The van der Waals surface area contributed by atoms with Crippen molar-refractivity contribution in [3.8, 4) is 0 Å². The van der Waals surface area contributed by atoms with Crippen molar-refractivity contribution in [1.29, 1.82) is 0 Å². The monoisotopic (exact) mass is 254 g/mol. The number of rotatable bonds is 6. The first-order chi connectivity index (χ1) is 7.90. The first kappa shape index (κ1) is 14.5. The molecule has 0 spiro atoms. The first-order valence-corrected chi connectivity index (χ1v) is 7.45. The molecule has 17 heavy (non-hydrogen) atoms. The standard InChI is InChI=1S/C14H26N2S/c1-9(2)7-12-13(11(5)6)17-14(16-12)15-8-10(3)4/h9-11H,7-8H2,1-6H3,(H,15,16). The quantitative estimate of drug-likeness (QED) is 0.806. The fourth-order valence-electron chi connectivity index (χ4n) is 1.71. The van der Waals surface area contributed by atoms with E-state index in [0.29, 0.717) is 17.8 Å². The summed E-state index contributed by atoms with van der Waals surface area (Å²) in [6, 6.07) is 0. The molecule has 0 fully saturated rings. The van der Waals surface area contributed by atoms with E-state index in [1.165, 1.54) is 10.6 Å². The molecule has 0 saturated carbocycles. The molecule has 0 aliphatic heterocycles. The van der Waals surface area contributed by atoms with Crippen molar-refractivity contribution in [3.63, 3.8) is 0 Å². The topological polar surface area (TPSA) is 24.9 Å². The summed E-state index contributed by atoms with van der Waals surface area (Å²) in [7, 11) is 0. The molecule has 0 saturated heterocycles. The number of thiazole rings is 1. The maximum absolute atomic E-state index is 4.75. The van der Waals surface area contributed by atoms with Gasteiger partial charge in [0.15, 0.2) is 5.13 Å². The maximum Gasteiger partial charge on any atom is 0.183 e. The zero-order chi connectivity index (χ0) is 13.0. The number of nitrogens with zero attached hydrogens (tertiary/aromatic N) is 1. The summed E-state index contributed by atoms with van der Waals surface area (Å²) in [6.07, 6.45) is 1.09. The third kappa shape index (κ3) is 4.66. The lowest BCUT2D eigenvalue weighted by Gasteiger charge is -2.06. The van der Waals surface area contributed by atoms with Gasteiger partial charge < -0.3 is 5.32 Å². The van der Waals surface area contributed by atoms with E-state index in [-0.39, 0.29) is 0 Å². The predicted molar refractivity (Wildman–Crippen MR) is 78.1 cm³/mol. The Morgan fingerprint density at radius 3 is 2.18 bits per heavy atom. The number of anilines is 1. The summed E-state index contributed by atoms with van der Waals surface area (Å²) in [5.41, 5.74) is 1.30. The van der Waals surface area contributed by atoms with Gasteiger partial charge in [-0.3, -0.25) is 0 Å². The highest BCUT2D eigenvalue weighted by Gasteiger charge is 2.15. The molecule has 98 valence electrons. The van der Waals surface area contributed by atoms with Crippen LogP contribution in [0.3, 0.4) is 0 Å². The van der Waals surface area contributed by atoms with E-state index < -0.39 is 0 Å². The zero-order valence-corrected chi connectivity index (χ0v) is 12.8. The van der Waals surface area contributed by atoms with Crippen LogP contribution >= 0.6 is 11.3 Å². The highest BCUT2D eigenvalue weighted by molar-refractivity contribution is 7.15. The molecule has 0 atom stereocenters. The van der Waals surface area contributed by atoms with Crippen LogP contribution in [-0.2, 0) is 6.42 Å². The Hall–Kier alpha value is -0.570. The third-order valence-corrected chi connectivity index (χ3v) is 3.87.